The Morgan fingerprint density at radius 1 is 1.00 bits per heavy atom. The first-order valence-electron chi connectivity index (χ1n) is 12.6. The van der Waals surface area contributed by atoms with Gasteiger partial charge in [0, 0.05) is 0 Å². The lowest BCUT2D eigenvalue weighted by molar-refractivity contribution is -0.0573. The van der Waals surface area contributed by atoms with Crippen molar-refractivity contribution in [1.29, 1.82) is 0 Å². The molecule has 0 aromatic rings. The Kier molecular flexibility index (Phi) is 5.80. The van der Waals surface area contributed by atoms with Crippen LogP contribution >= 0.6 is 0 Å². The Balaban J connectivity index is 1.49. The summed E-state index contributed by atoms with van der Waals surface area (Å²) in [4.78, 5) is 0. The molecule has 1 N–H and O–H groups in total. The molecule has 1 heteroatoms. The maximum Gasteiger partial charge on any atom is 0.0577 e. The van der Waals surface area contributed by atoms with Gasteiger partial charge in [0.25, 0.3) is 0 Å². The second kappa shape index (κ2) is 7.75. The van der Waals surface area contributed by atoms with E-state index in [-0.39, 0.29) is 6.10 Å². The van der Waals surface area contributed by atoms with E-state index >= 15 is 0 Å². The van der Waals surface area contributed by atoms with Gasteiger partial charge in [-0.25, -0.2) is 0 Å². The summed E-state index contributed by atoms with van der Waals surface area (Å²) in [5.41, 5.74) is 2.60. The fourth-order valence-electron chi connectivity index (χ4n) is 8.67. The fraction of sp³-hybridized carbons (Fsp3) is 0.926. The lowest BCUT2D eigenvalue weighted by Crippen LogP contribution is -2.50. The van der Waals surface area contributed by atoms with E-state index in [0.717, 1.165) is 48.3 Å². The van der Waals surface area contributed by atoms with Gasteiger partial charge in [0.1, 0.15) is 0 Å². The Hall–Kier alpha value is -0.300. The minimum atomic E-state index is -0.0766. The molecule has 3 saturated carbocycles. The van der Waals surface area contributed by atoms with Crippen molar-refractivity contribution in [3.05, 3.63) is 11.6 Å². The Labute approximate surface area is 174 Å². The smallest absolute Gasteiger partial charge is 0.0577 e. The maximum absolute atomic E-state index is 10.2. The van der Waals surface area contributed by atoms with Crippen molar-refractivity contribution < 1.29 is 5.11 Å². The number of allylic oxidation sites excluding steroid dienone is 1. The van der Waals surface area contributed by atoms with Crippen LogP contribution in [0.4, 0.5) is 0 Å². The van der Waals surface area contributed by atoms with E-state index in [4.69, 9.17) is 0 Å². The highest BCUT2D eigenvalue weighted by atomic mass is 16.3. The van der Waals surface area contributed by atoms with E-state index in [1.165, 1.54) is 57.8 Å². The molecule has 0 spiro atoms. The number of hydrogen-bond donors (Lipinski definition) is 1. The van der Waals surface area contributed by atoms with Crippen molar-refractivity contribution in [3.63, 3.8) is 0 Å². The molecule has 0 bridgehead atoms. The second-order valence-electron chi connectivity index (χ2n) is 12.2. The van der Waals surface area contributed by atoms with Crippen LogP contribution in [0.3, 0.4) is 0 Å². The Morgan fingerprint density at radius 3 is 2.54 bits per heavy atom. The van der Waals surface area contributed by atoms with Crippen molar-refractivity contribution in [3.8, 4) is 0 Å². The Morgan fingerprint density at radius 2 is 1.79 bits per heavy atom. The van der Waals surface area contributed by atoms with Crippen LogP contribution in [0, 0.1) is 46.3 Å². The molecule has 4 aliphatic rings. The average molecular weight is 387 g/mol. The van der Waals surface area contributed by atoms with Crippen LogP contribution < -0.4 is 0 Å². The first-order chi connectivity index (χ1) is 13.3. The van der Waals surface area contributed by atoms with Crippen molar-refractivity contribution >= 4 is 0 Å². The molecule has 0 radical (unpaired) electrons. The van der Waals surface area contributed by atoms with Crippen LogP contribution in [0.25, 0.3) is 0 Å². The standard InChI is InChI=1S/C27H46O/c1-18(2)7-6-8-19(3)23-11-12-24-22-10-9-20-17-21(28)13-15-26(20,4)25(22)14-16-27(23,24)5/h9,18-19,21-25,28H,6-8,10-17H2,1-5H3/t19?,21?,22?,23?,24?,25?,26-,27?/m0/s1. The summed E-state index contributed by atoms with van der Waals surface area (Å²) in [6.45, 7) is 12.6. The number of aliphatic hydroxyl groups is 1. The number of hydrogen-bond acceptors (Lipinski definition) is 1. The van der Waals surface area contributed by atoms with Crippen LogP contribution in [-0.2, 0) is 0 Å². The number of fused-ring (bicyclic) bond motifs is 5. The molecule has 28 heavy (non-hydrogen) atoms. The van der Waals surface area contributed by atoms with E-state index in [1.54, 1.807) is 5.57 Å². The van der Waals surface area contributed by atoms with Gasteiger partial charge in [-0.15, -0.1) is 0 Å². The van der Waals surface area contributed by atoms with Crippen LogP contribution in [0.1, 0.15) is 105 Å². The largest absolute Gasteiger partial charge is 0.393 e. The monoisotopic (exact) mass is 386 g/mol. The van der Waals surface area contributed by atoms with Crippen LogP contribution in [-0.4, -0.2) is 11.2 Å². The van der Waals surface area contributed by atoms with E-state index in [0.29, 0.717) is 10.8 Å². The zero-order chi connectivity index (χ0) is 20.1. The second-order valence-corrected chi connectivity index (χ2v) is 12.2. The lowest BCUT2D eigenvalue weighted by atomic mass is 9.47. The molecule has 0 saturated heterocycles. The molecule has 0 aromatic heterocycles. The van der Waals surface area contributed by atoms with E-state index in [2.05, 4.69) is 40.7 Å². The zero-order valence-electron chi connectivity index (χ0n) is 19.3. The molecule has 0 amide bonds. The third kappa shape index (κ3) is 3.42. The highest BCUT2D eigenvalue weighted by molar-refractivity contribution is 5.25. The van der Waals surface area contributed by atoms with Gasteiger partial charge < -0.3 is 5.11 Å². The summed E-state index contributed by atoms with van der Waals surface area (Å²) in [6.07, 6.45) is 17.2. The SMILES string of the molecule is CC(C)CCCC(C)C1CCC2C3CC=C4CC(O)CC[C@]4(C)C3CCC12C. The molecule has 160 valence electrons. The molecule has 0 heterocycles. The molecule has 0 aromatic carbocycles. The van der Waals surface area contributed by atoms with Crippen molar-refractivity contribution in [1.82, 2.24) is 0 Å². The van der Waals surface area contributed by atoms with Crippen molar-refractivity contribution in [2.45, 2.75) is 111 Å². The first kappa shape index (κ1) is 21.0. The third-order valence-corrected chi connectivity index (χ3v) is 10.3. The van der Waals surface area contributed by atoms with Gasteiger partial charge in [0.05, 0.1) is 6.10 Å². The highest BCUT2D eigenvalue weighted by Crippen LogP contribution is 2.67. The summed E-state index contributed by atoms with van der Waals surface area (Å²) in [7, 11) is 0. The minimum absolute atomic E-state index is 0.0766. The first-order valence-corrected chi connectivity index (χ1v) is 12.6. The van der Waals surface area contributed by atoms with Gasteiger partial charge in [0.15, 0.2) is 0 Å². The van der Waals surface area contributed by atoms with Crippen LogP contribution in [0.2, 0.25) is 0 Å². The van der Waals surface area contributed by atoms with Gasteiger partial charge in [-0.1, -0.05) is 65.5 Å². The van der Waals surface area contributed by atoms with Gasteiger partial charge >= 0.3 is 0 Å². The van der Waals surface area contributed by atoms with E-state index < -0.39 is 0 Å². The van der Waals surface area contributed by atoms with Crippen LogP contribution in [0.15, 0.2) is 11.6 Å². The molecule has 4 aliphatic carbocycles. The predicted molar refractivity (Wildman–Crippen MR) is 119 cm³/mol. The lowest BCUT2D eigenvalue weighted by Gasteiger charge is -2.58. The maximum atomic E-state index is 10.2. The van der Waals surface area contributed by atoms with E-state index in [9.17, 15) is 5.11 Å². The predicted octanol–water partition coefficient (Wildman–Crippen LogP) is 7.39. The molecular formula is C27H46O. The van der Waals surface area contributed by atoms with Gasteiger partial charge in [-0.05, 0) is 97.7 Å². The van der Waals surface area contributed by atoms with Gasteiger partial charge in [-0.3, -0.25) is 0 Å². The van der Waals surface area contributed by atoms with Crippen LogP contribution in [0.5, 0.6) is 0 Å². The van der Waals surface area contributed by atoms with E-state index in [1.807, 2.05) is 0 Å². The Bertz CT molecular complexity index is 591. The van der Waals surface area contributed by atoms with Crippen molar-refractivity contribution in [2.24, 2.45) is 46.3 Å². The summed E-state index contributed by atoms with van der Waals surface area (Å²) >= 11 is 0. The molecular weight excluding hydrogens is 340 g/mol. The highest BCUT2D eigenvalue weighted by Gasteiger charge is 2.59. The number of aliphatic hydroxyl groups excluding tert-OH is 1. The molecule has 3 fully saturated rings. The van der Waals surface area contributed by atoms with Crippen molar-refractivity contribution in [2.75, 3.05) is 0 Å². The molecule has 7 unspecified atom stereocenters. The molecule has 4 rings (SSSR count). The van der Waals surface area contributed by atoms with Gasteiger partial charge in [-0.2, -0.15) is 0 Å². The normalized spacial score (nSPS) is 46.5. The summed E-state index contributed by atoms with van der Waals surface area (Å²) in [5, 5.41) is 10.2. The van der Waals surface area contributed by atoms with Gasteiger partial charge in [0.2, 0.25) is 0 Å². The average Bonchev–Trinajstić information content (AvgIpc) is 2.99. The number of rotatable bonds is 5. The summed E-state index contributed by atoms with van der Waals surface area (Å²) in [5.74, 6) is 5.46. The summed E-state index contributed by atoms with van der Waals surface area (Å²) < 4.78 is 0. The third-order valence-electron chi connectivity index (χ3n) is 10.3. The minimum Gasteiger partial charge on any atom is -0.393 e. The molecule has 0 aliphatic heterocycles. The zero-order valence-corrected chi connectivity index (χ0v) is 19.3. The fourth-order valence-corrected chi connectivity index (χ4v) is 8.67. The topological polar surface area (TPSA) is 20.2 Å². The summed E-state index contributed by atoms with van der Waals surface area (Å²) in [6, 6.07) is 0. The molecule has 1 nitrogen and oxygen atoms in total. The molecule has 8 atom stereocenters. The quantitative estimate of drug-likeness (QED) is 0.488.